The number of primary amides is 1. The lowest BCUT2D eigenvalue weighted by molar-refractivity contribution is 0.145. The number of sulfone groups is 1. The molecule has 1 amide bonds. The Kier molecular flexibility index (Phi) is 6.97. The second-order valence-electron chi connectivity index (χ2n) is 7.24. The molecule has 9 nitrogen and oxygen atoms in total. The molecule has 0 unspecified atom stereocenters. The molecule has 0 saturated carbocycles. The molecule has 0 fully saturated rings. The van der Waals surface area contributed by atoms with Gasteiger partial charge in [0, 0.05) is 22.3 Å². The number of carbonyl (C=O) groups is 1. The smallest absolute Gasteiger partial charge is 0.404 e. The third-order valence-electron chi connectivity index (χ3n) is 4.51. The third kappa shape index (κ3) is 5.14. The maximum Gasteiger partial charge on any atom is 0.404 e. The Labute approximate surface area is 194 Å². The molecule has 0 atom stereocenters. The first-order valence-corrected chi connectivity index (χ1v) is 11.6. The summed E-state index contributed by atoms with van der Waals surface area (Å²) in [4.78, 5) is 29.5. The Morgan fingerprint density at radius 2 is 1.88 bits per heavy atom. The Bertz CT molecular complexity index is 1290. The van der Waals surface area contributed by atoms with E-state index < -0.39 is 15.9 Å². The summed E-state index contributed by atoms with van der Waals surface area (Å²) in [5.74, 6) is -0.121. The number of H-pyrrole nitrogens is 1. The van der Waals surface area contributed by atoms with E-state index in [0.717, 1.165) is 0 Å². The number of aromatic nitrogens is 3. The van der Waals surface area contributed by atoms with Crippen LogP contribution in [0.15, 0.2) is 51.2 Å². The number of hydrogen-bond donors (Lipinski definition) is 2. The summed E-state index contributed by atoms with van der Waals surface area (Å²) in [6.45, 7) is 3.26. The molecular formula is C20H20Cl2N4O5S. The zero-order valence-corrected chi connectivity index (χ0v) is 19.5. The van der Waals surface area contributed by atoms with Crippen LogP contribution in [0.1, 0.15) is 36.8 Å². The minimum atomic E-state index is -4.15. The van der Waals surface area contributed by atoms with Crippen LogP contribution in [0.25, 0.3) is 0 Å². The van der Waals surface area contributed by atoms with Crippen molar-refractivity contribution in [3.63, 3.8) is 0 Å². The first kappa shape index (κ1) is 23.8. The van der Waals surface area contributed by atoms with E-state index in [1.807, 2.05) is 0 Å². The number of pyridine rings is 1. The fourth-order valence-electron chi connectivity index (χ4n) is 3.09. The number of hydrogen-bond acceptors (Lipinski definition) is 6. The van der Waals surface area contributed by atoms with Gasteiger partial charge in [-0.15, -0.1) is 0 Å². The van der Waals surface area contributed by atoms with Crippen LogP contribution < -0.4 is 11.3 Å². The minimum Gasteiger partial charge on any atom is -0.442 e. The van der Waals surface area contributed by atoms with Gasteiger partial charge >= 0.3 is 6.09 Å². The van der Waals surface area contributed by atoms with Gasteiger partial charge in [-0.3, -0.25) is 4.79 Å². The maximum absolute atomic E-state index is 13.7. The van der Waals surface area contributed by atoms with Gasteiger partial charge in [0.15, 0.2) is 11.6 Å². The van der Waals surface area contributed by atoms with E-state index in [1.165, 1.54) is 35.0 Å². The van der Waals surface area contributed by atoms with E-state index >= 15 is 0 Å². The molecule has 0 saturated heterocycles. The van der Waals surface area contributed by atoms with Crippen LogP contribution in [-0.2, 0) is 27.7 Å². The maximum atomic E-state index is 13.7. The molecule has 3 aromatic rings. The van der Waals surface area contributed by atoms with Crippen molar-refractivity contribution >= 4 is 39.1 Å². The average molecular weight is 499 g/mol. The Balaban J connectivity index is 2.26. The molecule has 170 valence electrons. The van der Waals surface area contributed by atoms with Crippen LogP contribution in [0, 0.1) is 0 Å². The third-order valence-corrected chi connectivity index (χ3v) is 6.74. The topological polar surface area (TPSA) is 137 Å². The molecule has 2 aromatic heterocycles. The molecule has 1 aromatic carbocycles. The summed E-state index contributed by atoms with van der Waals surface area (Å²) >= 11 is 12.1. The van der Waals surface area contributed by atoms with Crippen LogP contribution in [0.3, 0.4) is 0 Å². The van der Waals surface area contributed by atoms with Crippen molar-refractivity contribution in [1.82, 2.24) is 14.5 Å². The SMILES string of the molecule is CC(C)c1nc(COC(N)=O)n(Cc2ccc(=O)[nH]c2)c1S(=O)(=O)c1cc(Cl)cc(Cl)c1. The van der Waals surface area contributed by atoms with Crippen molar-refractivity contribution in [2.45, 2.75) is 42.8 Å². The monoisotopic (exact) mass is 498 g/mol. The van der Waals surface area contributed by atoms with Crippen molar-refractivity contribution in [3.8, 4) is 0 Å². The fourth-order valence-corrected chi connectivity index (χ4v) is 5.55. The van der Waals surface area contributed by atoms with Gasteiger partial charge in [-0.2, -0.15) is 0 Å². The van der Waals surface area contributed by atoms with Gasteiger partial charge in [0.05, 0.1) is 17.1 Å². The van der Waals surface area contributed by atoms with Gasteiger partial charge < -0.3 is 20.0 Å². The molecule has 2 heterocycles. The highest BCUT2D eigenvalue weighted by molar-refractivity contribution is 7.91. The van der Waals surface area contributed by atoms with Crippen molar-refractivity contribution in [2.24, 2.45) is 5.73 Å². The molecular weight excluding hydrogens is 479 g/mol. The van der Waals surface area contributed by atoms with E-state index in [2.05, 4.69) is 9.97 Å². The van der Waals surface area contributed by atoms with Gasteiger partial charge in [-0.1, -0.05) is 43.1 Å². The van der Waals surface area contributed by atoms with Crippen LogP contribution in [-0.4, -0.2) is 29.0 Å². The van der Waals surface area contributed by atoms with E-state index in [0.29, 0.717) is 5.56 Å². The fraction of sp³-hybridized carbons (Fsp3) is 0.250. The predicted octanol–water partition coefficient (Wildman–Crippen LogP) is 3.48. The highest BCUT2D eigenvalue weighted by Gasteiger charge is 2.32. The standard InChI is InChI=1S/C20H20Cl2N4O5S/c1-11(2)18-19(32(29,30)15-6-13(21)5-14(22)7-15)26(16(25-18)10-31-20(23)28)9-12-3-4-17(27)24-8-12/h3-8,11H,9-10H2,1-2H3,(H2,23,28)(H,24,27). The molecule has 32 heavy (non-hydrogen) atoms. The first-order valence-electron chi connectivity index (χ1n) is 9.39. The summed E-state index contributed by atoms with van der Waals surface area (Å²) in [5, 5.41) is 0.220. The summed E-state index contributed by atoms with van der Waals surface area (Å²) < 4.78 is 33.7. The van der Waals surface area contributed by atoms with Gasteiger partial charge in [0.2, 0.25) is 15.4 Å². The number of carbonyl (C=O) groups excluding carboxylic acids is 1. The lowest BCUT2D eigenvalue weighted by atomic mass is 10.1. The van der Waals surface area contributed by atoms with Gasteiger partial charge in [0.25, 0.3) is 0 Å². The number of nitrogens with one attached hydrogen (secondary N) is 1. The Morgan fingerprint density at radius 3 is 2.41 bits per heavy atom. The van der Waals surface area contributed by atoms with Gasteiger partial charge in [-0.05, 0) is 29.7 Å². The molecule has 12 heteroatoms. The van der Waals surface area contributed by atoms with Crippen molar-refractivity contribution in [2.75, 3.05) is 0 Å². The van der Waals surface area contributed by atoms with Gasteiger partial charge in [0.1, 0.15) is 5.82 Å². The predicted molar refractivity (Wildman–Crippen MR) is 119 cm³/mol. The molecule has 3 N–H and O–H groups in total. The number of nitrogens with zero attached hydrogens (tertiary/aromatic N) is 2. The zero-order chi connectivity index (χ0) is 23.6. The Hall–Kier alpha value is -2.82. The van der Waals surface area contributed by atoms with Crippen molar-refractivity contribution < 1.29 is 17.9 Å². The zero-order valence-electron chi connectivity index (χ0n) is 17.1. The second-order valence-corrected chi connectivity index (χ2v) is 9.97. The summed E-state index contributed by atoms with van der Waals surface area (Å²) in [6.07, 6.45) is 0.434. The van der Waals surface area contributed by atoms with Crippen LogP contribution in [0.2, 0.25) is 10.0 Å². The number of rotatable bonds is 7. The summed E-state index contributed by atoms with van der Waals surface area (Å²) in [7, 11) is -4.15. The Morgan fingerprint density at radius 1 is 1.22 bits per heavy atom. The van der Waals surface area contributed by atoms with Gasteiger partial charge in [-0.25, -0.2) is 18.2 Å². The van der Waals surface area contributed by atoms with Crippen LogP contribution >= 0.6 is 23.2 Å². The molecule has 0 aliphatic heterocycles. The van der Waals surface area contributed by atoms with E-state index in [4.69, 9.17) is 33.7 Å². The number of aromatic amines is 1. The molecule has 0 bridgehead atoms. The number of halogens is 2. The average Bonchev–Trinajstić information content (AvgIpc) is 3.06. The van der Waals surface area contributed by atoms with E-state index in [-0.39, 0.29) is 56.1 Å². The van der Waals surface area contributed by atoms with E-state index in [9.17, 15) is 18.0 Å². The second kappa shape index (κ2) is 9.35. The highest BCUT2D eigenvalue weighted by atomic mass is 35.5. The minimum absolute atomic E-state index is 0.0246. The summed E-state index contributed by atoms with van der Waals surface area (Å²) in [5.41, 5.74) is 5.65. The lowest BCUT2D eigenvalue weighted by Crippen LogP contribution is -2.18. The molecule has 0 radical (unpaired) electrons. The summed E-state index contributed by atoms with van der Waals surface area (Å²) in [6, 6.07) is 6.89. The highest BCUT2D eigenvalue weighted by Crippen LogP contribution is 2.33. The number of imidazole rings is 1. The molecule has 0 aliphatic rings. The normalized spacial score (nSPS) is 11.7. The molecule has 0 spiro atoms. The first-order chi connectivity index (χ1) is 15.0. The quantitative estimate of drug-likeness (QED) is 0.511. The van der Waals surface area contributed by atoms with Crippen LogP contribution in [0.5, 0.6) is 0 Å². The largest absolute Gasteiger partial charge is 0.442 e. The molecule has 0 aliphatic carbocycles. The van der Waals surface area contributed by atoms with E-state index in [1.54, 1.807) is 19.9 Å². The van der Waals surface area contributed by atoms with Crippen LogP contribution in [0.4, 0.5) is 4.79 Å². The number of ether oxygens (including phenoxy) is 1. The lowest BCUT2D eigenvalue weighted by Gasteiger charge is -2.15. The molecule has 3 rings (SSSR count). The number of nitrogens with two attached hydrogens (primary N) is 1. The van der Waals surface area contributed by atoms with Crippen molar-refractivity contribution in [1.29, 1.82) is 0 Å². The number of amides is 1. The van der Waals surface area contributed by atoms with Crippen molar-refractivity contribution in [3.05, 3.63) is 74.0 Å². The number of benzene rings is 1.